The molecule has 3 rings (SSSR count). The van der Waals surface area contributed by atoms with Crippen LogP contribution in [0, 0.1) is 11.6 Å². The summed E-state index contributed by atoms with van der Waals surface area (Å²) in [6.45, 7) is 12.7. The average Bonchev–Trinajstić information content (AvgIpc) is 3.15. The number of halogens is 3. The quantitative estimate of drug-likeness (QED) is 0.332. The molecule has 1 unspecified atom stereocenters. The highest BCUT2D eigenvalue weighted by Crippen LogP contribution is 2.24. The van der Waals surface area contributed by atoms with Crippen molar-refractivity contribution in [2.45, 2.75) is 38.8 Å². The van der Waals surface area contributed by atoms with Crippen molar-refractivity contribution in [3.8, 4) is 0 Å². The minimum Gasteiger partial charge on any atom is -0.379 e. The largest absolute Gasteiger partial charge is 0.379 e. The topological polar surface area (TPSA) is 52.1 Å². The lowest BCUT2D eigenvalue weighted by Crippen LogP contribution is -2.52. The molecule has 6 nitrogen and oxygen atoms in total. The molecule has 170 valence electrons. The predicted octanol–water partition coefficient (Wildman–Crippen LogP) is 2.83. The van der Waals surface area contributed by atoms with E-state index in [-0.39, 0.29) is 35.6 Å². The van der Waals surface area contributed by atoms with Crippen LogP contribution in [0.15, 0.2) is 23.2 Å². The van der Waals surface area contributed by atoms with Crippen LogP contribution < -0.4 is 15.5 Å². The number of morpholine rings is 1. The fraction of sp³-hybridized carbons (Fsp3) is 0.667. The molecular formula is C21H34F2IN5O. The highest BCUT2D eigenvalue weighted by Gasteiger charge is 2.29. The van der Waals surface area contributed by atoms with Crippen LogP contribution in [0.4, 0.5) is 14.5 Å². The number of nitrogens with one attached hydrogen (secondary N) is 2. The second-order valence-electron chi connectivity index (χ2n) is 8.28. The zero-order valence-electron chi connectivity index (χ0n) is 18.1. The van der Waals surface area contributed by atoms with Gasteiger partial charge in [-0.3, -0.25) is 9.89 Å². The van der Waals surface area contributed by atoms with E-state index in [4.69, 9.17) is 9.73 Å². The molecule has 2 heterocycles. The van der Waals surface area contributed by atoms with Crippen molar-refractivity contribution in [2.24, 2.45) is 4.99 Å². The van der Waals surface area contributed by atoms with Crippen molar-refractivity contribution in [3.05, 3.63) is 29.8 Å². The summed E-state index contributed by atoms with van der Waals surface area (Å²) >= 11 is 0. The zero-order chi connectivity index (χ0) is 20.9. The summed E-state index contributed by atoms with van der Waals surface area (Å²) in [5, 5.41) is 6.79. The van der Waals surface area contributed by atoms with E-state index >= 15 is 0 Å². The van der Waals surface area contributed by atoms with Crippen LogP contribution in [0.1, 0.15) is 27.2 Å². The minimum atomic E-state index is -0.551. The van der Waals surface area contributed by atoms with Gasteiger partial charge >= 0.3 is 0 Å². The smallest absolute Gasteiger partial charge is 0.191 e. The normalized spacial score (nSPS) is 20.8. The number of nitrogens with zero attached hydrogens (tertiary/aromatic N) is 3. The Kier molecular flexibility index (Phi) is 9.55. The molecule has 2 aliphatic rings. The number of hydrogen-bond donors (Lipinski definition) is 2. The lowest BCUT2D eigenvalue weighted by atomic mass is 10.0. The summed E-state index contributed by atoms with van der Waals surface area (Å²) < 4.78 is 32.7. The van der Waals surface area contributed by atoms with Crippen molar-refractivity contribution < 1.29 is 13.5 Å². The molecule has 0 amide bonds. The molecule has 0 aliphatic carbocycles. The van der Waals surface area contributed by atoms with Gasteiger partial charge in [0.25, 0.3) is 0 Å². The van der Waals surface area contributed by atoms with Crippen LogP contribution in [0.2, 0.25) is 0 Å². The number of rotatable bonds is 6. The first-order chi connectivity index (χ1) is 13.9. The summed E-state index contributed by atoms with van der Waals surface area (Å²) in [6, 6.07) is 3.91. The Balaban J connectivity index is 0.00000320. The lowest BCUT2D eigenvalue weighted by molar-refractivity contribution is -0.00684. The van der Waals surface area contributed by atoms with Gasteiger partial charge in [0.2, 0.25) is 0 Å². The van der Waals surface area contributed by atoms with Crippen molar-refractivity contribution in [2.75, 3.05) is 57.4 Å². The van der Waals surface area contributed by atoms with E-state index in [1.807, 2.05) is 11.8 Å². The van der Waals surface area contributed by atoms with Crippen LogP contribution in [-0.2, 0) is 4.74 Å². The van der Waals surface area contributed by atoms with Crippen molar-refractivity contribution in [1.82, 2.24) is 15.5 Å². The highest BCUT2D eigenvalue weighted by atomic mass is 127. The lowest BCUT2D eigenvalue weighted by Gasteiger charge is -2.40. The highest BCUT2D eigenvalue weighted by molar-refractivity contribution is 14.0. The number of aliphatic imine (C=N–C) groups is 1. The first-order valence-electron chi connectivity index (χ1n) is 10.5. The summed E-state index contributed by atoms with van der Waals surface area (Å²) in [5.41, 5.74) is 0.400. The van der Waals surface area contributed by atoms with E-state index in [1.54, 1.807) is 0 Å². The monoisotopic (exact) mass is 537 g/mol. The van der Waals surface area contributed by atoms with Gasteiger partial charge in [-0.2, -0.15) is 0 Å². The summed E-state index contributed by atoms with van der Waals surface area (Å²) in [4.78, 5) is 9.19. The molecule has 2 aliphatic heterocycles. The number of guanidine groups is 1. The Hall–Kier alpha value is -1.20. The van der Waals surface area contributed by atoms with Crippen molar-refractivity contribution in [3.63, 3.8) is 0 Å². The SMILES string of the molecule is CCNC(=NCC(C)(C)N1CCOCC1)NC1CCN(c2ccc(F)cc2F)C1.I. The molecule has 0 radical (unpaired) electrons. The van der Waals surface area contributed by atoms with Crippen molar-refractivity contribution in [1.29, 1.82) is 0 Å². The Bertz CT molecular complexity index is 713. The molecule has 0 aromatic heterocycles. The maximum Gasteiger partial charge on any atom is 0.191 e. The van der Waals surface area contributed by atoms with E-state index in [2.05, 4.69) is 29.4 Å². The molecule has 9 heteroatoms. The third-order valence-electron chi connectivity index (χ3n) is 5.61. The third-order valence-corrected chi connectivity index (χ3v) is 5.61. The van der Waals surface area contributed by atoms with E-state index in [0.717, 1.165) is 57.8 Å². The standard InChI is InChI=1S/C21H33F2N5O.HI/c1-4-24-20(25-15-21(2,3)28-9-11-29-12-10-28)26-17-7-8-27(14-17)19-6-5-16(22)13-18(19)23;/h5-6,13,17H,4,7-12,14-15H2,1-3H3,(H2,24,25,26);1H. The summed E-state index contributed by atoms with van der Waals surface area (Å²) in [7, 11) is 0. The van der Waals surface area contributed by atoms with Gasteiger partial charge in [-0.1, -0.05) is 0 Å². The summed E-state index contributed by atoms with van der Waals surface area (Å²) in [6.07, 6.45) is 0.869. The van der Waals surface area contributed by atoms with Crippen LogP contribution >= 0.6 is 24.0 Å². The molecule has 2 saturated heterocycles. The third kappa shape index (κ3) is 6.65. The maximum absolute atomic E-state index is 14.1. The fourth-order valence-corrected chi connectivity index (χ4v) is 3.89. The number of hydrogen-bond acceptors (Lipinski definition) is 4. The Morgan fingerprint density at radius 2 is 1.97 bits per heavy atom. The molecule has 1 atom stereocenters. The molecule has 30 heavy (non-hydrogen) atoms. The molecular weight excluding hydrogens is 503 g/mol. The predicted molar refractivity (Wildman–Crippen MR) is 128 cm³/mol. The molecule has 2 fully saturated rings. The number of anilines is 1. The Morgan fingerprint density at radius 1 is 1.23 bits per heavy atom. The van der Waals surface area contributed by atoms with Gasteiger partial charge in [-0.05, 0) is 39.3 Å². The Labute approximate surface area is 195 Å². The number of ether oxygens (including phenoxy) is 1. The number of benzene rings is 1. The van der Waals surface area contributed by atoms with Gasteiger partial charge in [0, 0.05) is 50.4 Å². The molecule has 1 aromatic rings. The van der Waals surface area contributed by atoms with E-state index in [9.17, 15) is 8.78 Å². The first kappa shape index (κ1) is 25.1. The van der Waals surface area contributed by atoms with E-state index in [1.165, 1.54) is 12.1 Å². The van der Waals surface area contributed by atoms with Crippen LogP contribution in [0.5, 0.6) is 0 Å². The van der Waals surface area contributed by atoms with Gasteiger partial charge in [0.05, 0.1) is 25.4 Å². The van der Waals surface area contributed by atoms with Crippen LogP contribution in [0.3, 0.4) is 0 Å². The van der Waals surface area contributed by atoms with Crippen LogP contribution in [-0.4, -0.2) is 74.9 Å². The first-order valence-corrected chi connectivity index (χ1v) is 10.5. The van der Waals surface area contributed by atoms with E-state index < -0.39 is 11.6 Å². The second-order valence-corrected chi connectivity index (χ2v) is 8.28. The average molecular weight is 537 g/mol. The maximum atomic E-state index is 14.1. The molecule has 0 saturated carbocycles. The van der Waals surface area contributed by atoms with E-state index in [0.29, 0.717) is 18.8 Å². The van der Waals surface area contributed by atoms with Crippen LogP contribution in [0.25, 0.3) is 0 Å². The minimum absolute atomic E-state index is 0. The zero-order valence-corrected chi connectivity index (χ0v) is 20.4. The molecule has 2 N–H and O–H groups in total. The van der Waals surface area contributed by atoms with Gasteiger partial charge < -0.3 is 20.3 Å². The fourth-order valence-electron chi connectivity index (χ4n) is 3.89. The van der Waals surface area contributed by atoms with Gasteiger partial charge in [-0.25, -0.2) is 8.78 Å². The van der Waals surface area contributed by atoms with Gasteiger partial charge in [0.1, 0.15) is 11.6 Å². The Morgan fingerprint density at radius 3 is 2.63 bits per heavy atom. The van der Waals surface area contributed by atoms with Crippen molar-refractivity contribution >= 4 is 35.6 Å². The van der Waals surface area contributed by atoms with Gasteiger partial charge in [-0.15, -0.1) is 24.0 Å². The van der Waals surface area contributed by atoms with Gasteiger partial charge in [0.15, 0.2) is 5.96 Å². The molecule has 0 bridgehead atoms. The molecule has 1 aromatic carbocycles. The molecule has 0 spiro atoms. The second kappa shape index (κ2) is 11.4. The summed E-state index contributed by atoms with van der Waals surface area (Å²) in [5.74, 6) is -0.289.